The Morgan fingerprint density at radius 3 is 2.28 bits per heavy atom. The maximum absolute atomic E-state index is 13.5. The Kier molecular flexibility index (Phi) is 4.85. The number of carbonyl (C=O) groups is 4. The van der Waals surface area contributed by atoms with Crippen LogP contribution in [0.25, 0.3) is 0 Å². The zero-order chi connectivity index (χ0) is 27.1. The highest BCUT2D eigenvalue weighted by molar-refractivity contribution is 6.53. The maximum Gasteiger partial charge on any atom is 0.363 e. The summed E-state index contributed by atoms with van der Waals surface area (Å²) >= 11 is 0. The summed E-state index contributed by atoms with van der Waals surface area (Å²) in [4.78, 5) is 58.0. The molecule has 1 unspecified atom stereocenters. The molecule has 3 heterocycles. The topological polar surface area (TPSA) is 117 Å². The largest absolute Gasteiger partial charge is 0.457 e. The predicted octanol–water partition coefficient (Wildman–Crippen LogP) is 4.08. The molecule has 0 bridgehead atoms. The number of nitrogens with one attached hydrogen (secondary N) is 1. The number of fused-ring (bicyclic) bond motifs is 6. The van der Waals surface area contributed by atoms with Crippen LogP contribution in [-0.4, -0.2) is 47.4 Å². The number of imide groups is 1. The Morgan fingerprint density at radius 2 is 1.59 bits per heavy atom. The van der Waals surface area contributed by atoms with E-state index in [1.54, 1.807) is 0 Å². The number of carbonyl (C=O) groups excluding carboxylic acids is 4. The molecular formula is C30H23N3O6. The summed E-state index contributed by atoms with van der Waals surface area (Å²) < 4.78 is 6.39. The Hall–Kier alpha value is -4.79. The summed E-state index contributed by atoms with van der Waals surface area (Å²) in [7, 11) is 0. The smallest absolute Gasteiger partial charge is 0.363 e. The number of amides is 2. The van der Waals surface area contributed by atoms with Crippen molar-refractivity contribution in [2.75, 3.05) is 18.0 Å². The lowest BCUT2D eigenvalue weighted by molar-refractivity contribution is -0.172. The zero-order valence-electron chi connectivity index (χ0n) is 21.1. The van der Waals surface area contributed by atoms with E-state index in [4.69, 9.17) is 15.0 Å². The molecule has 9 nitrogen and oxygen atoms in total. The lowest BCUT2D eigenvalue weighted by Crippen LogP contribution is -2.40. The van der Waals surface area contributed by atoms with Crippen molar-refractivity contribution in [1.29, 1.82) is 5.41 Å². The number of ether oxygens (including phenoxy) is 1. The molecule has 1 atom stereocenters. The third-order valence-corrected chi connectivity index (χ3v) is 8.04. The second kappa shape index (κ2) is 8.10. The van der Waals surface area contributed by atoms with Gasteiger partial charge in [0.05, 0.1) is 16.7 Å². The van der Waals surface area contributed by atoms with E-state index in [0.717, 1.165) is 30.8 Å². The summed E-state index contributed by atoms with van der Waals surface area (Å²) in [5, 5.41) is 9.66. The van der Waals surface area contributed by atoms with Crippen LogP contribution in [0.3, 0.4) is 0 Å². The summed E-state index contributed by atoms with van der Waals surface area (Å²) in [5.74, 6) is -1.42. The average molecular weight is 522 g/mol. The number of ketones is 1. The van der Waals surface area contributed by atoms with Crippen molar-refractivity contribution in [2.24, 2.45) is 0 Å². The highest BCUT2D eigenvalue weighted by atomic mass is 16.7. The van der Waals surface area contributed by atoms with Gasteiger partial charge in [-0.05, 0) is 54.8 Å². The van der Waals surface area contributed by atoms with E-state index in [9.17, 15) is 19.2 Å². The molecule has 1 spiro atoms. The third-order valence-electron chi connectivity index (χ3n) is 8.04. The van der Waals surface area contributed by atoms with E-state index in [1.807, 2.05) is 43.3 Å². The second-order valence-corrected chi connectivity index (χ2v) is 10.3. The zero-order valence-corrected chi connectivity index (χ0v) is 21.1. The minimum absolute atomic E-state index is 0.0164. The molecule has 2 fully saturated rings. The number of hydrogen-bond acceptors (Lipinski definition) is 8. The van der Waals surface area contributed by atoms with Crippen LogP contribution in [0.15, 0.2) is 54.6 Å². The molecule has 0 saturated carbocycles. The SMILES string of the molecule is Cc1ccc2c(c1)Oc1cc(N3CCC3)ccc1C21C(=N)C(=O)c2ccc(C(=O)ON3C(=O)CCC3=O)cc21. The van der Waals surface area contributed by atoms with E-state index in [2.05, 4.69) is 4.90 Å². The molecular weight excluding hydrogens is 498 g/mol. The fourth-order valence-electron chi connectivity index (χ4n) is 5.94. The van der Waals surface area contributed by atoms with Crippen molar-refractivity contribution in [2.45, 2.75) is 31.6 Å². The maximum atomic E-state index is 13.5. The fraction of sp³-hybridized carbons (Fsp3) is 0.233. The van der Waals surface area contributed by atoms with E-state index in [1.165, 1.54) is 18.2 Å². The van der Waals surface area contributed by atoms with Gasteiger partial charge in [0.25, 0.3) is 11.8 Å². The quantitative estimate of drug-likeness (QED) is 0.516. The first kappa shape index (κ1) is 23.3. The molecule has 3 aromatic rings. The van der Waals surface area contributed by atoms with Gasteiger partial charge in [-0.15, -0.1) is 5.06 Å². The van der Waals surface area contributed by atoms with Crippen LogP contribution in [0.5, 0.6) is 11.5 Å². The summed E-state index contributed by atoms with van der Waals surface area (Å²) in [6.07, 6.45) is 1.08. The Bertz CT molecular complexity index is 1660. The second-order valence-electron chi connectivity index (χ2n) is 10.3. The number of hydrogen-bond donors (Lipinski definition) is 1. The molecule has 3 aliphatic heterocycles. The van der Waals surface area contributed by atoms with Gasteiger partial charge < -0.3 is 14.5 Å². The number of hydroxylamine groups is 2. The van der Waals surface area contributed by atoms with E-state index in [0.29, 0.717) is 38.8 Å². The highest BCUT2D eigenvalue weighted by Gasteiger charge is 2.56. The van der Waals surface area contributed by atoms with Gasteiger partial charge in [0, 0.05) is 54.4 Å². The summed E-state index contributed by atoms with van der Waals surface area (Å²) in [6, 6.07) is 15.9. The lowest BCUT2D eigenvalue weighted by atomic mass is 9.67. The molecule has 0 aromatic heterocycles. The molecule has 2 amide bonds. The number of anilines is 1. The molecule has 7 rings (SSSR count). The van der Waals surface area contributed by atoms with Crippen molar-refractivity contribution in [3.63, 3.8) is 0 Å². The lowest BCUT2D eigenvalue weighted by Gasteiger charge is -2.39. The number of aryl methyl sites for hydroxylation is 1. The van der Waals surface area contributed by atoms with Crippen LogP contribution >= 0.6 is 0 Å². The normalized spacial score (nSPS) is 20.9. The van der Waals surface area contributed by atoms with Gasteiger partial charge in [-0.1, -0.05) is 18.2 Å². The molecule has 39 heavy (non-hydrogen) atoms. The molecule has 9 heteroatoms. The average Bonchev–Trinajstić information content (AvgIpc) is 3.31. The van der Waals surface area contributed by atoms with Crippen molar-refractivity contribution >= 4 is 35.0 Å². The van der Waals surface area contributed by atoms with E-state index < -0.39 is 29.0 Å². The first-order valence-electron chi connectivity index (χ1n) is 12.8. The summed E-state index contributed by atoms with van der Waals surface area (Å²) in [5.41, 5.74) is 2.58. The van der Waals surface area contributed by atoms with Crippen LogP contribution in [-0.2, 0) is 19.8 Å². The van der Waals surface area contributed by atoms with Crippen LogP contribution in [0.1, 0.15) is 62.2 Å². The van der Waals surface area contributed by atoms with Crippen molar-refractivity contribution < 1.29 is 28.8 Å². The molecule has 4 aliphatic rings. The minimum Gasteiger partial charge on any atom is -0.457 e. The number of nitrogens with zero attached hydrogens (tertiary/aromatic N) is 2. The van der Waals surface area contributed by atoms with Crippen LogP contribution in [0.4, 0.5) is 5.69 Å². The fourth-order valence-corrected chi connectivity index (χ4v) is 5.94. The van der Waals surface area contributed by atoms with Crippen molar-refractivity contribution in [3.8, 4) is 11.5 Å². The van der Waals surface area contributed by atoms with Gasteiger partial charge in [-0.2, -0.15) is 0 Å². The molecule has 2 saturated heterocycles. The predicted molar refractivity (Wildman–Crippen MR) is 139 cm³/mol. The highest BCUT2D eigenvalue weighted by Crippen LogP contribution is 2.57. The van der Waals surface area contributed by atoms with Crippen LogP contribution < -0.4 is 9.64 Å². The standard InChI is InChI=1S/C30H23N3O6/c1-16-3-7-20-23(13-16)38-24-15-18(32-11-2-12-32)5-8-21(24)30(20)22-14-17(4-6-19(22)27(36)28(30)31)29(37)39-33-25(34)9-10-26(33)35/h3-8,13-15,31H,2,9-12H2,1H3. The Morgan fingerprint density at radius 1 is 0.897 bits per heavy atom. The third kappa shape index (κ3) is 3.16. The van der Waals surface area contributed by atoms with Gasteiger partial charge in [0.1, 0.15) is 11.5 Å². The van der Waals surface area contributed by atoms with Gasteiger partial charge >= 0.3 is 5.97 Å². The molecule has 1 aliphatic carbocycles. The van der Waals surface area contributed by atoms with Crippen LogP contribution in [0, 0.1) is 12.3 Å². The molecule has 194 valence electrons. The van der Waals surface area contributed by atoms with Crippen molar-refractivity contribution in [3.05, 3.63) is 88.0 Å². The first-order valence-corrected chi connectivity index (χ1v) is 12.8. The Labute approximate surface area is 223 Å². The number of rotatable bonds is 3. The molecule has 0 radical (unpaired) electrons. The Balaban J connectivity index is 1.42. The minimum atomic E-state index is -1.31. The molecule has 3 aromatic carbocycles. The van der Waals surface area contributed by atoms with Crippen LogP contribution in [0.2, 0.25) is 0 Å². The first-order chi connectivity index (χ1) is 18.8. The van der Waals surface area contributed by atoms with Gasteiger partial charge in [-0.25, -0.2) is 4.79 Å². The van der Waals surface area contributed by atoms with Crippen molar-refractivity contribution in [1.82, 2.24) is 5.06 Å². The van der Waals surface area contributed by atoms with E-state index >= 15 is 0 Å². The molecule has 1 N–H and O–H groups in total. The van der Waals surface area contributed by atoms with E-state index in [-0.39, 0.29) is 24.1 Å². The number of Topliss-reactive ketones (excluding diaryl/α,β-unsaturated/α-hetero) is 1. The monoisotopic (exact) mass is 521 g/mol. The van der Waals surface area contributed by atoms with Gasteiger partial charge in [0.2, 0.25) is 5.78 Å². The number of benzene rings is 3. The van der Waals surface area contributed by atoms with Gasteiger partial charge in [0.15, 0.2) is 0 Å². The summed E-state index contributed by atoms with van der Waals surface area (Å²) in [6.45, 7) is 3.84. The van der Waals surface area contributed by atoms with Gasteiger partial charge in [-0.3, -0.25) is 19.8 Å².